The molecule has 0 saturated carbocycles. The van der Waals surface area contributed by atoms with Crippen molar-refractivity contribution in [3.05, 3.63) is 53.1 Å². The molecule has 1 amide bonds. The van der Waals surface area contributed by atoms with E-state index >= 15 is 0 Å². The molecule has 0 aliphatic carbocycles. The Labute approximate surface area is 133 Å². The third-order valence-corrected chi connectivity index (χ3v) is 3.20. The quantitative estimate of drug-likeness (QED) is 0.883. The van der Waals surface area contributed by atoms with E-state index in [1.165, 1.54) is 13.4 Å². The minimum Gasteiger partial charge on any atom is -0.495 e. The molecular weight excluding hydrogens is 302 g/mol. The summed E-state index contributed by atoms with van der Waals surface area (Å²) in [4.78, 5) is 19.6. The van der Waals surface area contributed by atoms with E-state index < -0.39 is 0 Å². The molecular formula is C16H14ClN3O2. The Bertz CT molecular complexity index is 723. The Kier molecular flexibility index (Phi) is 5.34. The van der Waals surface area contributed by atoms with Crippen molar-refractivity contribution in [3.8, 4) is 17.6 Å². The smallest absolute Gasteiger partial charge is 0.296 e. The van der Waals surface area contributed by atoms with E-state index in [0.717, 1.165) is 5.56 Å². The van der Waals surface area contributed by atoms with E-state index in [9.17, 15) is 4.79 Å². The number of methoxy groups -OCH3 is 1. The van der Waals surface area contributed by atoms with Crippen LogP contribution in [0.5, 0.6) is 5.75 Å². The molecule has 1 unspecified atom stereocenters. The van der Waals surface area contributed by atoms with Gasteiger partial charge < -0.3 is 10.1 Å². The number of hydrogen-bond donors (Lipinski definition) is 1. The normalized spacial score (nSPS) is 11.0. The van der Waals surface area contributed by atoms with Crippen molar-refractivity contribution < 1.29 is 9.53 Å². The molecule has 112 valence electrons. The Hall–Kier alpha value is -2.58. The maximum atomic E-state index is 11.8. The van der Waals surface area contributed by atoms with Gasteiger partial charge in [-0.3, -0.25) is 4.79 Å². The van der Waals surface area contributed by atoms with E-state index in [0.29, 0.717) is 16.3 Å². The van der Waals surface area contributed by atoms with E-state index in [1.807, 2.05) is 6.92 Å². The van der Waals surface area contributed by atoms with Crippen LogP contribution in [0.4, 0.5) is 0 Å². The fraction of sp³-hybridized carbons (Fsp3) is 0.188. The number of carbonyl (C=O) groups is 1. The van der Waals surface area contributed by atoms with Gasteiger partial charge in [-0.25, -0.2) is 9.97 Å². The molecule has 0 aliphatic rings. The van der Waals surface area contributed by atoms with Crippen molar-refractivity contribution >= 4 is 17.5 Å². The second-order valence-corrected chi connectivity index (χ2v) is 4.87. The van der Waals surface area contributed by atoms with Crippen molar-refractivity contribution in [2.45, 2.75) is 13.0 Å². The number of nitrogens with one attached hydrogen (secondary N) is 1. The van der Waals surface area contributed by atoms with Crippen LogP contribution >= 0.6 is 11.6 Å². The average Bonchev–Trinajstić information content (AvgIpc) is 2.54. The lowest BCUT2D eigenvalue weighted by atomic mass is 10.2. The molecule has 1 atom stereocenters. The molecule has 2 aromatic rings. The molecule has 0 spiro atoms. The van der Waals surface area contributed by atoms with Crippen LogP contribution in [0.3, 0.4) is 0 Å². The number of rotatable bonds is 3. The Morgan fingerprint density at radius 1 is 1.36 bits per heavy atom. The van der Waals surface area contributed by atoms with Gasteiger partial charge in [-0.1, -0.05) is 17.5 Å². The van der Waals surface area contributed by atoms with Gasteiger partial charge in [0.05, 0.1) is 18.2 Å². The van der Waals surface area contributed by atoms with Crippen molar-refractivity contribution in [2.75, 3.05) is 7.11 Å². The molecule has 0 fully saturated rings. The largest absolute Gasteiger partial charge is 0.495 e. The molecule has 0 aliphatic heterocycles. The molecule has 0 radical (unpaired) electrons. The summed E-state index contributed by atoms with van der Waals surface area (Å²) in [5.41, 5.74) is 1.45. The third-order valence-electron chi connectivity index (χ3n) is 2.90. The van der Waals surface area contributed by atoms with Crippen LogP contribution < -0.4 is 10.1 Å². The molecule has 5 nitrogen and oxygen atoms in total. The highest BCUT2D eigenvalue weighted by Gasteiger charge is 2.07. The fourth-order valence-corrected chi connectivity index (χ4v) is 1.98. The van der Waals surface area contributed by atoms with Gasteiger partial charge in [-0.15, -0.1) is 0 Å². The predicted octanol–water partition coefficient (Wildman–Crippen LogP) is 2.37. The summed E-state index contributed by atoms with van der Waals surface area (Å²) in [5, 5.41) is 3.20. The van der Waals surface area contributed by atoms with Crippen LogP contribution in [0.1, 0.15) is 24.1 Å². The number of ether oxygens (including phenoxy) is 1. The molecule has 22 heavy (non-hydrogen) atoms. The third kappa shape index (κ3) is 4.21. The number of nitrogens with zero attached hydrogens (tertiary/aromatic N) is 2. The van der Waals surface area contributed by atoms with Crippen molar-refractivity contribution in [1.29, 1.82) is 0 Å². The standard InChI is InChI=1S/C16H14ClN3O2/c1-11(13-8-18-10-19-9-13)20-16(21)6-4-12-3-5-15(22-2)14(17)7-12/h3,5,7-11H,1-2H3,(H,20,21). The lowest BCUT2D eigenvalue weighted by molar-refractivity contribution is -0.116. The van der Waals surface area contributed by atoms with E-state index in [-0.39, 0.29) is 11.9 Å². The van der Waals surface area contributed by atoms with Gasteiger partial charge in [-0.2, -0.15) is 0 Å². The molecule has 6 heteroatoms. The number of hydrogen-bond acceptors (Lipinski definition) is 4. The molecule has 1 aromatic carbocycles. The SMILES string of the molecule is COc1ccc(C#CC(=O)NC(C)c2cncnc2)cc1Cl. The number of carbonyl (C=O) groups excluding carboxylic acids is 1. The highest BCUT2D eigenvalue weighted by atomic mass is 35.5. The molecule has 1 N–H and O–H groups in total. The highest BCUT2D eigenvalue weighted by Crippen LogP contribution is 2.24. The minimum atomic E-state index is -0.386. The monoisotopic (exact) mass is 315 g/mol. The molecule has 0 saturated heterocycles. The summed E-state index contributed by atoms with van der Waals surface area (Å²) >= 11 is 6.00. The Morgan fingerprint density at radius 3 is 2.73 bits per heavy atom. The van der Waals surface area contributed by atoms with E-state index in [4.69, 9.17) is 16.3 Å². The summed E-state index contributed by atoms with van der Waals surface area (Å²) in [6.45, 7) is 1.84. The topological polar surface area (TPSA) is 64.1 Å². The first-order valence-electron chi connectivity index (χ1n) is 6.51. The molecule has 0 bridgehead atoms. The second-order valence-electron chi connectivity index (χ2n) is 4.47. The summed E-state index contributed by atoms with van der Waals surface area (Å²) in [6.07, 6.45) is 4.73. The fourth-order valence-electron chi connectivity index (χ4n) is 1.72. The van der Waals surface area contributed by atoms with Gasteiger partial charge in [-0.05, 0) is 25.1 Å². The lowest BCUT2D eigenvalue weighted by Crippen LogP contribution is -2.25. The minimum absolute atomic E-state index is 0.220. The van der Waals surface area contributed by atoms with Gasteiger partial charge in [0, 0.05) is 29.4 Å². The van der Waals surface area contributed by atoms with Crippen molar-refractivity contribution in [1.82, 2.24) is 15.3 Å². The maximum absolute atomic E-state index is 11.8. The second kappa shape index (κ2) is 7.43. The van der Waals surface area contributed by atoms with Crippen LogP contribution in [0.2, 0.25) is 5.02 Å². The number of halogens is 1. The van der Waals surface area contributed by atoms with E-state index in [2.05, 4.69) is 27.1 Å². The molecule has 1 heterocycles. The summed E-state index contributed by atoms with van der Waals surface area (Å²) in [7, 11) is 1.54. The lowest BCUT2D eigenvalue weighted by Gasteiger charge is -2.10. The zero-order chi connectivity index (χ0) is 15.9. The summed E-state index contributed by atoms with van der Waals surface area (Å²) in [5.74, 6) is 5.46. The number of aromatic nitrogens is 2. The van der Waals surface area contributed by atoms with Gasteiger partial charge >= 0.3 is 0 Å². The van der Waals surface area contributed by atoms with Crippen LogP contribution in [-0.2, 0) is 4.79 Å². The van der Waals surface area contributed by atoms with Gasteiger partial charge in [0.1, 0.15) is 12.1 Å². The van der Waals surface area contributed by atoms with Gasteiger partial charge in [0.15, 0.2) is 0 Å². The number of amides is 1. The molecule has 1 aromatic heterocycles. The van der Waals surface area contributed by atoms with Crippen LogP contribution in [-0.4, -0.2) is 23.0 Å². The Balaban J connectivity index is 2.02. The van der Waals surface area contributed by atoms with Gasteiger partial charge in [0.2, 0.25) is 0 Å². The van der Waals surface area contributed by atoms with Crippen molar-refractivity contribution in [2.24, 2.45) is 0 Å². The number of benzene rings is 1. The average molecular weight is 316 g/mol. The first-order chi connectivity index (χ1) is 10.6. The maximum Gasteiger partial charge on any atom is 0.296 e. The van der Waals surface area contributed by atoms with Crippen molar-refractivity contribution in [3.63, 3.8) is 0 Å². The van der Waals surface area contributed by atoms with Gasteiger partial charge in [0.25, 0.3) is 5.91 Å². The first kappa shape index (κ1) is 15.8. The summed E-state index contributed by atoms with van der Waals surface area (Å²) < 4.78 is 5.06. The predicted molar refractivity (Wildman–Crippen MR) is 83.5 cm³/mol. The molecule has 2 rings (SSSR count). The van der Waals surface area contributed by atoms with Crippen LogP contribution in [0.15, 0.2) is 36.9 Å². The van der Waals surface area contributed by atoms with E-state index in [1.54, 1.807) is 30.6 Å². The Morgan fingerprint density at radius 2 is 2.09 bits per heavy atom. The zero-order valence-corrected chi connectivity index (χ0v) is 12.9. The van der Waals surface area contributed by atoms with Crippen LogP contribution in [0, 0.1) is 11.8 Å². The summed E-state index contributed by atoms with van der Waals surface area (Å²) in [6, 6.07) is 4.87. The van der Waals surface area contributed by atoms with Crippen LogP contribution in [0.25, 0.3) is 0 Å². The highest BCUT2D eigenvalue weighted by molar-refractivity contribution is 6.32. The zero-order valence-electron chi connectivity index (χ0n) is 12.1. The first-order valence-corrected chi connectivity index (χ1v) is 6.89.